The van der Waals surface area contributed by atoms with Crippen molar-refractivity contribution in [3.8, 4) is 11.6 Å². The average molecular weight is 264 g/mol. The highest BCUT2D eigenvalue weighted by Crippen LogP contribution is 2.29. The van der Waals surface area contributed by atoms with E-state index in [0.29, 0.717) is 16.3 Å². The lowest BCUT2D eigenvalue weighted by molar-refractivity contribution is 0.318. The van der Waals surface area contributed by atoms with Crippen LogP contribution >= 0.6 is 11.6 Å². The van der Waals surface area contributed by atoms with E-state index in [4.69, 9.17) is 27.3 Å². The minimum absolute atomic E-state index is 0.0786. The van der Waals surface area contributed by atoms with Crippen molar-refractivity contribution in [1.82, 2.24) is 4.98 Å². The van der Waals surface area contributed by atoms with Crippen LogP contribution in [0.3, 0.4) is 0 Å². The number of nitrogens with zero attached hydrogens (tertiary/aromatic N) is 2. The lowest BCUT2D eigenvalue weighted by Crippen LogP contribution is -2.14. The van der Waals surface area contributed by atoms with Crippen molar-refractivity contribution in [3.63, 3.8) is 0 Å². The Morgan fingerprint density at radius 2 is 2.06 bits per heavy atom. The number of benzene rings is 1. The standard InChI is InChI=1S/C12H10ClN3O2/c13-9-5-1-2-6-10(9)18-12-8(11(14)16-17)4-3-7-15-12/h1-7,17H,(H2,14,16). The Morgan fingerprint density at radius 1 is 1.28 bits per heavy atom. The minimum atomic E-state index is -0.0786. The van der Waals surface area contributed by atoms with Gasteiger partial charge in [0.1, 0.15) is 5.75 Å². The largest absolute Gasteiger partial charge is 0.437 e. The van der Waals surface area contributed by atoms with E-state index in [9.17, 15) is 0 Å². The van der Waals surface area contributed by atoms with Gasteiger partial charge in [-0.3, -0.25) is 0 Å². The van der Waals surface area contributed by atoms with Crippen molar-refractivity contribution < 1.29 is 9.94 Å². The van der Waals surface area contributed by atoms with Gasteiger partial charge in [-0.05, 0) is 24.3 Å². The summed E-state index contributed by atoms with van der Waals surface area (Å²) in [6.45, 7) is 0. The summed E-state index contributed by atoms with van der Waals surface area (Å²) in [6, 6.07) is 10.3. The summed E-state index contributed by atoms with van der Waals surface area (Å²) in [4.78, 5) is 4.03. The molecular formula is C12H10ClN3O2. The molecule has 0 atom stereocenters. The van der Waals surface area contributed by atoms with Crippen LogP contribution in [-0.2, 0) is 0 Å². The quantitative estimate of drug-likeness (QED) is 0.386. The van der Waals surface area contributed by atoms with Crippen LogP contribution in [0, 0.1) is 0 Å². The molecule has 0 bridgehead atoms. The number of rotatable bonds is 3. The molecule has 2 rings (SSSR count). The number of aromatic nitrogens is 1. The molecule has 1 aromatic carbocycles. The van der Waals surface area contributed by atoms with Crippen LogP contribution in [-0.4, -0.2) is 16.0 Å². The van der Waals surface area contributed by atoms with Gasteiger partial charge in [-0.1, -0.05) is 28.9 Å². The number of ether oxygens (including phenoxy) is 1. The van der Waals surface area contributed by atoms with Crippen molar-refractivity contribution in [1.29, 1.82) is 0 Å². The Hall–Kier alpha value is -2.27. The molecule has 0 aliphatic carbocycles. The molecule has 0 radical (unpaired) electrons. The number of nitrogens with two attached hydrogens (primary N) is 1. The summed E-state index contributed by atoms with van der Waals surface area (Å²) in [5.41, 5.74) is 5.92. The first kappa shape index (κ1) is 12.2. The zero-order chi connectivity index (χ0) is 13.0. The van der Waals surface area contributed by atoms with Crippen LogP contribution in [0.2, 0.25) is 5.02 Å². The van der Waals surface area contributed by atoms with E-state index in [1.165, 1.54) is 0 Å². The first-order chi connectivity index (χ1) is 8.72. The molecule has 5 nitrogen and oxygen atoms in total. The summed E-state index contributed by atoms with van der Waals surface area (Å²) in [5.74, 6) is 0.593. The number of hydrogen-bond donors (Lipinski definition) is 2. The number of pyridine rings is 1. The molecule has 1 heterocycles. The molecule has 0 unspecified atom stereocenters. The first-order valence-corrected chi connectivity index (χ1v) is 5.45. The van der Waals surface area contributed by atoms with Gasteiger partial charge in [-0.2, -0.15) is 0 Å². The third-order valence-electron chi connectivity index (χ3n) is 2.20. The predicted molar refractivity (Wildman–Crippen MR) is 68.3 cm³/mol. The molecule has 6 heteroatoms. The van der Waals surface area contributed by atoms with Gasteiger partial charge >= 0.3 is 0 Å². The van der Waals surface area contributed by atoms with Gasteiger partial charge in [-0.25, -0.2) is 4.98 Å². The predicted octanol–water partition coefficient (Wildman–Crippen LogP) is 2.62. The van der Waals surface area contributed by atoms with Crippen molar-refractivity contribution >= 4 is 17.4 Å². The highest BCUT2D eigenvalue weighted by atomic mass is 35.5. The number of halogens is 1. The molecule has 1 aromatic heterocycles. The van der Waals surface area contributed by atoms with Crippen LogP contribution in [0.15, 0.2) is 47.8 Å². The maximum absolute atomic E-state index is 8.69. The van der Waals surface area contributed by atoms with Gasteiger partial charge in [0.15, 0.2) is 5.84 Å². The van der Waals surface area contributed by atoms with E-state index in [1.54, 1.807) is 42.6 Å². The van der Waals surface area contributed by atoms with Crippen LogP contribution < -0.4 is 10.5 Å². The molecule has 0 fully saturated rings. The van der Waals surface area contributed by atoms with Gasteiger partial charge in [0.2, 0.25) is 5.88 Å². The summed E-state index contributed by atoms with van der Waals surface area (Å²) in [6.07, 6.45) is 1.54. The van der Waals surface area contributed by atoms with Crippen LogP contribution in [0.5, 0.6) is 11.6 Å². The molecule has 18 heavy (non-hydrogen) atoms. The highest BCUT2D eigenvalue weighted by molar-refractivity contribution is 6.32. The fraction of sp³-hybridized carbons (Fsp3) is 0. The Balaban J connectivity index is 2.38. The van der Waals surface area contributed by atoms with Gasteiger partial charge in [0.05, 0.1) is 10.6 Å². The smallest absolute Gasteiger partial charge is 0.230 e. The molecule has 2 aromatic rings. The van der Waals surface area contributed by atoms with Crippen LogP contribution in [0.25, 0.3) is 0 Å². The van der Waals surface area contributed by atoms with Gasteiger partial charge in [-0.15, -0.1) is 0 Å². The van der Waals surface area contributed by atoms with Gasteiger partial charge in [0, 0.05) is 6.20 Å². The van der Waals surface area contributed by atoms with Crippen molar-refractivity contribution in [3.05, 3.63) is 53.2 Å². The molecule has 0 aliphatic rings. The second-order valence-corrected chi connectivity index (χ2v) is 3.78. The summed E-state index contributed by atoms with van der Waals surface area (Å²) in [5, 5.41) is 12.1. The molecule has 0 saturated carbocycles. The maximum atomic E-state index is 8.69. The molecule has 0 amide bonds. The van der Waals surface area contributed by atoms with Crippen LogP contribution in [0.1, 0.15) is 5.56 Å². The van der Waals surface area contributed by atoms with Crippen molar-refractivity contribution in [2.75, 3.05) is 0 Å². The summed E-state index contributed by atoms with van der Waals surface area (Å²) < 4.78 is 5.55. The van der Waals surface area contributed by atoms with Crippen molar-refractivity contribution in [2.45, 2.75) is 0 Å². The second-order valence-electron chi connectivity index (χ2n) is 3.37. The number of amidine groups is 1. The number of hydrogen-bond acceptors (Lipinski definition) is 4. The SMILES string of the molecule is N/C(=N\O)c1cccnc1Oc1ccccc1Cl. The first-order valence-electron chi connectivity index (χ1n) is 5.07. The zero-order valence-corrected chi connectivity index (χ0v) is 10.0. The number of para-hydroxylation sites is 1. The summed E-state index contributed by atoms with van der Waals surface area (Å²) >= 11 is 5.98. The Kier molecular flexibility index (Phi) is 3.64. The Labute approximate surface area is 108 Å². The summed E-state index contributed by atoms with van der Waals surface area (Å²) in [7, 11) is 0. The van der Waals surface area contributed by atoms with Gasteiger partial charge < -0.3 is 15.7 Å². The third kappa shape index (κ3) is 2.52. The van der Waals surface area contributed by atoms with Crippen molar-refractivity contribution in [2.24, 2.45) is 10.9 Å². The molecule has 92 valence electrons. The molecule has 0 saturated heterocycles. The van der Waals surface area contributed by atoms with E-state index >= 15 is 0 Å². The molecule has 0 spiro atoms. The lowest BCUT2D eigenvalue weighted by Gasteiger charge is -2.09. The highest BCUT2D eigenvalue weighted by Gasteiger charge is 2.11. The monoisotopic (exact) mass is 263 g/mol. The Bertz CT molecular complexity index is 587. The zero-order valence-electron chi connectivity index (χ0n) is 9.25. The fourth-order valence-corrected chi connectivity index (χ4v) is 1.53. The van der Waals surface area contributed by atoms with E-state index in [0.717, 1.165) is 0 Å². The van der Waals surface area contributed by atoms with E-state index in [2.05, 4.69) is 10.1 Å². The van der Waals surface area contributed by atoms with Crippen LogP contribution in [0.4, 0.5) is 0 Å². The number of oxime groups is 1. The topological polar surface area (TPSA) is 80.7 Å². The Morgan fingerprint density at radius 3 is 2.78 bits per heavy atom. The lowest BCUT2D eigenvalue weighted by atomic mass is 10.2. The normalized spacial score (nSPS) is 11.3. The van der Waals surface area contributed by atoms with E-state index in [-0.39, 0.29) is 11.7 Å². The van der Waals surface area contributed by atoms with Gasteiger partial charge in [0.25, 0.3) is 0 Å². The third-order valence-corrected chi connectivity index (χ3v) is 2.51. The van der Waals surface area contributed by atoms with E-state index in [1.807, 2.05) is 0 Å². The van der Waals surface area contributed by atoms with E-state index < -0.39 is 0 Å². The second kappa shape index (κ2) is 5.37. The molecular weight excluding hydrogens is 254 g/mol. The maximum Gasteiger partial charge on any atom is 0.230 e. The molecule has 0 aliphatic heterocycles. The fourth-order valence-electron chi connectivity index (χ4n) is 1.35. The minimum Gasteiger partial charge on any atom is -0.437 e. The molecule has 3 N–H and O–H groups in total. The average Bonchev–Trinajstić information content (AvgIpc) is 2.41.